The molecule has 0 saturated carbocycles. The normalized spacial score (nSPS) is 12.5. The van der Waals surface area contributed by atoms with Gasteiger partial charge in [-0.25, -0.2) is 0 Å². The number of pyridine rings is 1. The van der Waals surface area contributed by atoms with Gasteiger partial charge in [0, 0.05) is 23.4 Å². The highest BCUT2D eigenvalue weighted by molar-refractivity contribution is 6.35. The second-order valence-electron chi connectivity index (χ2n) is 5.27. The SMILES string of the molecule is O=C(CCOc1ccc(Cl)cc1Cl)NCC1=Nc2cccnc2C1. The summed E-state index contributed by atoms with van der Waals surface area (Å²) in [7, 11) is 0. The molecule has 1 aromatic carbocycles. The lowest BCUT2D eigenvalue weighted by molar-refractivity contribution is -0.121. The topological polar surface area (TPSA) is 63.6 Å². The Labute approximate surface area is 149 Å². The summed E-state index contributed by atoms with van der Waals surface area (Å²) in [4.78, 5) is 20.6. The van der Waals surface area contributed by atoms with Gasteiger partial charge in [-0.05, 0) is 30.3 Å². The molecule has 0 radical (unpaired) electrons. The number of fused-ring (bicyclic) bond motifs is 1. The van der Waals surface area contributed by atoms with Crippen molar-refractivity contribution < 1.29 is 9.53 Å². The summed E-state index contributed by atoms with van der Waals surface area (Å²) in [5.41, 5.74) is 2.73. The standard InChI is InChI=1S/C17H15Cl2N3O2/c18-11-3-4-16(13(19)8-11)24-7-5-17(23)21-10-12-9-15-14(22-12)2-1-6-20-15/h1-4,6,8H,5,7,9-10H2,(H,21,23). The van der Waals surface area contributed by atoms with Gasteiger partial charge in [0.1, 0.15) is 5.75 Å². The fourth-order valence-corrected chi connectivity index (χ4v) is 2.77. The van der Waals surface area contributed by atoms with E-state index in [9.17, 15) is 4.79 Å². The van der Waals surface area contributed by atoms with Crippen molar-refractivity contribution in [3.63, 3.8) is 0 Å². The predicted molar refractivity (Wildman–Crippen MR) is 94.6 cm³/mol. The Balaban J connectivity index is 1.41. The van der Waals surface area contributed by atoms with Crippen molar-refractivity contribution in [1.29, 1.82) is 0 Å². The van der Waals surface area contributed by atoms with Crippen molar-refractivity contribution in [3.8, 4) is 5.75 Å². The monoisotopic (exact) mass is 363 g/mol. The fourth-order valence-electron chi connectivity index (χ4n) is 2.31. The maximum absolute atomic E-state index is 11.9. The lowest BCUT2D eigenvalue weighted by Gasteiger charge is -2.08. The summed E-state index contributed by atoms with van der Waals surface area (Å²) in [5.74, 6) is 0.405. The number of ether oxygens (including phenoxy) is 1. The van der Waals surface area contributed by atoms with Gasteiger partial charge in [-0.1, -0.05) is 23.2 Å². The Morgan fingerprint density at radius 2 is 2.17 bits per heavy atom. The van der Waals surface area contributed by atoms with Crippen molar-refractivity contribution in [2.45, 2.75) is 12.8 Å². The van der Waals surface area contributed by atoms with E-state index in [1.807, 2.05) is 12.1 Å². The molecule has 0 atom stereocenters. The second kappa shape index (κ2) is 7.64. The largest absolute Gasteiger partial charge is 0.491 e. The first-order valence-electron chi connectivity index (χ1n) is 7.47. The van der Waals surface area contributed by atoms with Crippen molar-refractivity contribution in [3.05, 3.63) is 52.3 Å². The molecular weight excluding hydrogens is 349 g/mol. The van der Waals surface area contributed by atoms with Crippen LogP contribution in [0.3, 0.4) is 0 Å². The molecule has 24 heavy (non-hydrogen) atoms. The smallest absolute Gasteiger partial charge is 0.223 e. The number of hydrogen-bond acceptors (Lipinski definition) is 4. The summed E-state index contributed by atoms with van der Waals surface area (Å²) in [5, 5.41) is 3.80. The molecule has 1 amide bonds. The highest BCUT2D eigenvalue weighted by atomic mass is 35.5. The van der Waals surface area contributed by atoms with Crippen LogP contribution in [0.2, 0.25) is 10.0 Å². The van der Waals surface area contributed by atoms with Crippen LogP contribution in [0.5, 0.6) is 5.75 Å². The number of nitrogens with zero attached hydrogens (tertiary/aromatic N) is 2. The molecule has 5 nitrogen and oxygen atoms in total. The molecule has 3 rings (SSSR count). The predicted octanol–water partition coefficient (Wildman–Crippen LogP) is 3.60. The molecule has 0 unspecified atom stereocenters. The second-order valence-corrected chi connectivity index (χ2v) is 6.12. The number of nitrogens with one attached hydrogen (secondary N) is 1. The Morgan fingerprint density at radius 1 is 1.29 bits per heavy atom. The summed E-state index contributed by atoms with van der Waals surface area (Å²) in [6, 6.07) is 8.74. The first-order valence-corrected chi connectivity index (χ1v) is 8.22. The highest BCUT2D eigenvalue weighted by Gasteiger charge is 2.15. The Bertz CT molecular complexity index is 793. The van der Waals surface area contributed by atoms with Gasteiger partial charge >= 0.3 is 0 Å². The molecule has 0 saturated heterocycles. The zero-order valence-corrected chi connectivity index (χ0v) is 14.3. The summed E-state index contributed by atoms with van der Waals surface area (Å²) < 4.78 is 5.49. The number of hydrogen-bond donors (Lipinski definition) is 1. The van der Waals surface area contributed by atoms with Gasteiger partial charge < -0.3 is 10.1 Å². The maximum Gasteiger partial charge on any atom is 0.223 e. The fraction of sp³-hybridized carbons (Fsp3) is 0.235. The third-order valence-electron chi connectivity index (χ3n) is 3.49. The van der Waals surface area contributed by atoms with E-state index in [4.69, 9.17) is 27.9 Å². The van der Waals surface area contributed by atoms with E-state index in [2.05, 4.69) is 15.3 Å². The van der Waals surface area contributed by atoms with E-state index < -0.39 is 0 Å². The molecule has 0 aliphatic carbocycles. The van der Waals surface area contributed by atoms with E-state index >= 15 is 0 Å². The Morgan fingerprint density at radius 3 is 2.96 bits per heavy atom. The van der Waals surface area contributed by atoms with Crippen LogP contribution in [-0.4, -0.2) is 29.8 Å². The van der Waals surface area contributed by atoms with E-state index in [1.165, 1.54) is 0 Å². The van der Waals surface area contributed by atoms with Crippen molar-refractivity contribution in [2.75, 3.05) is 13.2 Å². The number of aliphatic imine (C=N–C) groups is 1. The van der Waals surface area contributed by atoms with E-state index in [0.717, 1.165) is 17.1 Å². The molecule has 7 heteroatoms. The molecule has 0 fully saturated rings. The van der Waals surface area contributed by atoms with Gasteiger partial charge in [0.15, 0.2) is 0 Å². The zero-order chi connectivity index (χ0) is 16.9. The van der Waals surface area contributed by atoms with Crippen LogP contribution in [0.1, 0.15) is 12.1 Å². The van der Waals surface area contributed by atoms with Crippen LogP contribution >= 0.6 is 23.2 Å². The molecule has 2 heterocycles. The molecule has 124 valence electrons. The zero-order valence-electron chi connectivity index (χ0n) is 12.8. The third-order valence-corrected chi connectivity index (χ3v) is 4.02. The van der Waals surface area contributed by atoms with Gasteiger partial charge in [0.25, 0.3) is 0 Å². The van der Waals surface area contributed by atoms with Crippen LogP contribution in [0.4, 0.5) is 5.69 Å². The van der Waals surface area contributed by atoms with E-state index in [1.54, 1.807) is 24.4 Å². The van der Waals surface area contributed by atoms with E-state index in [0.29, 0.717) is 28.8 Å². The molecule has 1 aliphatic heterocycles. The minimum atomic E-state index is -0.105. The van der Waals surface area contributed by atoms with Crippen molar-refractivity contribution >= 4 is 40.5 Å². The van der Waals surface area contributed by atoms with E-state index in [-0.39, 0.29) is 18.9 Å². The summed E-state index contributed by atoms with van der Waals surface area (Å²) in [6.07, 6.45) is 2.65. The minimum Gasteiger partial charge on any atom is -0.491 e. The van der Waals surface area contributed by atoms with Gasteiger partial charge in [0.2, 0.25) is 5.91 Å². The van der Waals surface area contributed by atoms with Crippen LogP contribution in [0.15, 0.2) is 41.5 Å². The van der Waals surface area contributed by atoms with Gasteiger partial charge in [-0.2, -0.15) is 0 Å². The molecule has 1 aromatic heterocycles. The molecule has 1 aliphatic rings. The minimum absolute atomic E-state index is 0.105. The number of carbonyl (C=O) groups is 1. The van der Waals surface area contributed by atoms with Crippen LogP contribution in [0.25, 0.3) is 0 Å². The first kappa shape index (κ1) is 16.7. The average molecular weight is 364 g/mol. The number of aromatic nitrogens is 1. The number of amides is 1. The number of rotatable bonds is 6. The lowest BCUT2D eigenvalue weighted by atomic mass is 10.2. The molecule has 0 bridgehead atoms. The van der Waals surface area contributed by atoms with Crippen LogP contribution in [-0.2, 0) is 11.2 Å². The third kappa shape index (κ3) is 4.24. The lowest BCUT2D eigenvalue weighted by Crippen LogP contribution is -2.30. The number of benzene rings is 1. The van der Waals surface area contributed by atoms with Crippen molar-refractivity contribution in [2.24, 2.45) is 4.99 Å². The molecule has 0 spiro atoms. The van der Waals surface area contributed by atoms with Gasteiger partial charge in [0.05, 0.1) is 36.0 Å². The quantitative estimate of drug-likeness (QED) is 0.852. The molecule has 2 aromatic rings. The highest BCUT2D eigenvalue weighted by Crippen LogP contribution is 2.27. The molecular formula is C17H15Cl2N3O2. The van der Waals surface area contributed by atoms with Crippen LogP contribution < -0.4 is 10.1 Å². The first-order chi connectivity index (χ1) is 11.6. The summed E-state index contributed by atoms with van der Waals surface area (Å²) in [6.45, 7) is 0.651. The maximum atomic E-state index is 11.9. The van der Waals surface area contributed by atoms with Gasteiger partial charge in [-0.15, -0.1) is 0 Å². The van der Waals surface area contributed by atoms with Crippen LogP contribution in [0, 0.1) is 0 Å². The van der Waals surface area contributed by atoms with Gasteiger partial charge in [-0.3, -0.25) is 14.8 Å². The number of halogens is 2. The summed E-state index contributed by atoms with van der Waals surface area (Å²) >= 11 is 11.8. The Kier molecular flexibility index (Phi) is 5.33. The average Bonchev–Trinajstić information content (AvgIpc) is 2.98. The molecule has 1 N–H and O–H groups in total. The van der Waals surface area contributed by atoms with Crippen molar-refractivity contribution in [1.82, 2.24) is 10.3 Å². The number of carbonyl (C=O) groups excluding carboxylic acids is 1. The Hall–Kier alpha value is -2.11.